The van der Waals surface area contributed by atoms with Gasteiger partial charge in [-0.05, 0) is 19.8 Å². The van der Waals surface area contributed by atoms with Crippen molar-refractivity contribution in [2.45, 2.75) is 91.1 Å². The fourth-order valence-corrected chi connectivity index (χ4v) is 4.61. The number of hydrogen-bond acceptors (Lipinski definition) is 2. The van der Waals surface area contributed by atoms with Crippen LogP contribution in [0.1, 0.15) is 74.8 Å². The van der Waals surface area contributed by atoms with Crippen LogP contribution in [0.25, 0.3) is 0 Å². The number of nitrogens with zero attached hydrogens (tertiary/aromatic N) is 2. The molecule has 0 aliphatic heterocycles. The van der Waals surface area contributed by atoms with Crippen molar-refractivity contribution in [1.82, 2.24) is 0 Å². The summed E-state index contributed by atoms with van der Waals surface area (Å²) in [5.74, 6) is 0. The fraction of sp³-hybridized carbons (Fsp3) is 0.700. The highest BCUT2D eigenvalue weighted by atomic mass is 32.1. The highest BCUT2D eigenvalue weighted by Gasteiger charge is 2.05. The molecule has 2 aromatic rings. The zero-order valence-corrected chi connectivity index (χ0v) is 17.1. The van der Waals surface area contributed by atoms with Crippen molar-refractivity contribution in [2.75, 3.05) is 0 Å². The van der Waals surface area contributed by atoms with E-state index in [1.807, 2.05) is 22.7 Å². The third-order valence-electron chi connectivity index (χ3n) is 4.67. The summed E-state index contributed by atoms with van der Waals surface area (Å²) >= 11 is 3.66. The number of aryl methyl sites for hydroxylation is 4. The first-order valence-corrected chi connectivity index (χ1v) is 11.4. The number of thiazole rings is 2. The Bertz CT molecular complexity index is 559. The molecule has 0 aliphatic carbocycles. The highest BCUT2D eigenvalue weighted by Crippen LogP contribution is 2.11. The maximum atomic E-state index is 2.39. The number of unbranched alkanes of at least 4 members (excludes halogenated alkanes) is 9. The van der Waals surface area contributed by atoms with Gasteiger partial charge in [0.1, 0.15) is 13.1 Å². The van der Waals surface area contributed by atoms with Gasteiger partial charge in [-0.3, -0.25) is 0 Å². The average molecular weight is 367 g/mol. The van der Waals surface area contributed by atoms with Crippen LogP contribution < -0.4 is 9.13 Å². The van der Waals surface area contributed by atoms with Crippen LogP contribution in [0.5, 0.6) is 0 Å². The van der Waals surface area contributed by atoms with Gasteiger partial charge in [-0.2, -0.15) is 9.13 Å². The first-order valence-electron chi connectivity index (χ1n) is 9.62. The lowest BCUT2D eigenvalue weighted by Gasteiger charge is -2.01. The summed E-state index contributed by atoms with van der Waals surface area (Å²) in [7, 11) is 0. The van der Waals surface area contributed by atoms with Crippen LogP contribution in [0.4, 0.5) is 0 Å². The van der Waals surface area contributed by atoms with Crippen molar-refractivity contribution in [3.05, 3.63) is 33.2 Å². The van der Waals surface area contributed by atoms with Gasteiger partial charge >= 0.3 is 0 Å². The van der Waals surface area contributed by atoms with Gasteiger partial charge in [-0.15, -0.1) is 0 Å². The molecule has 0 bridgehead atoms. The third kappa shape index (κ3) is 7.89. The van der Waals surface area contributed by atoms with Crippen LogP contribution in [0.2, 0.25) is 0 Å². The standard InChI is InChI=1S/C20H34N2S2/c1-19-16-23-18-22(19)14-12-10-8-6-4-3-5-7-9-11-13-21-15-20(2)24-17-21/h15-18H,3-14H2,1-2H3/q+2. The minimum absolute atomic E-state index is 1.20. The molecule has 0 unspecified atom stereocenters. The molecule has 2 heterocycles. The first kappa shape index (κ1) is 19.6. The molecule has 2 nitrogen and oxygen atoms in total. The van der Waals surface area contributed by atoms with Gasteiger partial charge in [0, 0.05) is 19.8 Å². The van der Waals surface area contributed by atoms with E-state index in [1.165, 1.54) is 87.9 Å². The monoisotopic (exact) mass is 366 g/mol. The molecule has 24 heavy (non-hydrogen) atoms. The Labute approximate surface area is 156 Å². The highest BCUT2D eigenvalue weighted by molar-refractivity contribution is 7.09. The van der Waals surface area contributed by atoms with Crippen molar-refractivity contribution in [1.29, 1.82) is 0 Å². The lowest BCUT2D eigenvalue weighted by molar-refractivity contribution is -0.698. The molecule has 0 saturated heterocycles. The van der Waals surface area contributed by atoms with E-state index in [9.17, 15) is 0 Å². The van der Waals surface area contributed by atoms with E-state index in [0.29, 0.717) is 0 Å². The summed E-state index contributed by atoms with van der Waals surface area (Å²) in [6.45, 7) is 6.79. The molecule has 0 radical (unpaired) electrons. The quantitative estimate of drug-likeness (QED) is 0.322. The van der Waals surface area contributed by atoms with Gasteiger partial charge in [-0.25, -0.2) is 0 Å². The predicted octanol–water partition coefficient (Wildman–Crippen LogP) is 5.60. The van der Waals surface area contributed by atoms with Gasteiger partial charge in [0.25, 0.3) is 0 Å². The molecule has 0 atom stereocenters. The maximum Gasteiger partial charge on any atom is 0.224 e. The van der Waals surface area contributed by atoms with Crippen molar-refractivity contribution >= 4 is 22.7 Å². The second kappa shape index (κ2) is 11.8. The topological polar surface area (TPSA) is 7.76 Å². The number of aromatic nitrogens is 2. The van der Waals surface area contributed by atoms with Gasteiger partial charge in [0.05, 0.1) is 10.3 Å². The number of rotatable bonds is 13. The largest absolute Gasteiger partial charge is 0.224 e. The summed E-state index contributed by atoms with van der Waals surface area (Å²) < 4.78 is 4.73. The van der Waals surface area contributed by atoms with Crippen molar-refractivity contribution in [3.63, 3.8) is 0 Å². The Morgan fingerprint density at radius 1 is 0.750 bits per heavy atom. The molecule has 0 aliphatic rings. The molecule has 2 rings (SSSR count). The van der Waals surface area contributed by atoms with Crippen LogP contribution in [0.3, 0.4) is 0 Å². The van der Waals surface area contributed by atoms with Crippen LogP contribution in [0.15, 0.2) is 22.6 Å². The van der Waals surface area contributed by atoms with E-state index >= 15 is 0 Å². The Morgan fingerprint density at radius 3 is 1.83 bits per heavy atom. The molecule has 0 N–H and O–H groups in total. The van der Waals surface area contributed by atoms with E-state index in [2.05, 4.69) is 45.6 Å². The van der Waals surface area contributed by atoms with Crippen LogP contribution in [0, 0.1) is 13.8 Å². The molecule has 0 fully saturated rings. The minimum atomic E-state index is 1.20. The molecule has 0 spiro atoms. The van der Waals surface area contributed by atoms with Gasteiger partial charge in [0.2, 0.25) is 11.0 Å². The van der Waals surface area contributed by atoms with Gasteiger partial charge in [0.15, 0.2) is 11.9 Å². The summed E-state index contributed by atoms with van der Waals surface area (Å²) in [4.78, 5) is 1.42. The van der Waals surface area contributed by atoms with E-state index in [-0.39, 0.29) is 0 Å². The van der Waals surface area contributed by atoms with Crippen molar-refractivity contribution in [2.24, 2.45) is 0 Å². The van der Waals surface area contributed by atoms with E-state index < -0.39 is 0 Å². The SMILES string of the molecule is Cc1c[n+](CCCCCCCCCCCC[n+]2cscc2C)cs1. The smallest absolute Gasteiger partial charge is 0.195 e. The second-order valence-corrected chi connectivity index (χ2v) is 8.74. The molecule has 0 saturated carbocycles. The third-order valence-corrected chi connectivity index (χ3v) is 6.37. The van der Waals surface area contributed by atoms with Crippen LogP contribution in [-0.4, -0.2) is 0 Å². The van der Waals surface area contributed by atoms with Gasteiger partial charge < -0.3 is 0 Å². The number of hydrogen-bond donors (Lipinski definition) is 0. The summed E-state index contributed by atoms with van der Waals surface area (Å²) in [5, 5.41) is 2.24. The van der Waals surface area contributed by atoms with Crippen LogP contribution in [-0.2, 0) is 13.1 Å². The molecule has 0 aromatic carbocycles. The predicted molar refractivity (Wildman–Crippen MR) is 105 cm³/mol. The lowest BCUT2D eigenvalue weighted by atomic mass is 10.1. The Morgan fingerprint density at radius 2 is 1.33 bits per heavy atom. The van der Waals surface area contributed by atoms with E-state index in [0.717, 1.165) is 0 Å². The zero-order valence-electron chi connectivity index (χ0n) is 15.5. The summed E-state index contributed by atoms with van der Waals surface area (Å²) in [5.41, 5.74) is 5.90. The van der Waals surface area contributed by atoms with Crippen molar-refractivity contribution < 1.29 is 9.13 Å². The molecular formula is C20H34N2S2+2. The molecule has 4 heteroatoms. The fourth-order valence-electron chi connectivity index (χ4n) is 3.14. The maximum absolute atomic E-state index is 2.39. The van der Waals surface area contributed by atoms with Crippen LogP contribution >= 0.6 is 22.7 Å². The Balaban J connectivity index is 1.32. The molecule has 0 amide bonds. The minimum Gasteiger partial charge on any atom is -0.195 e. The Hall–Kier alpha value is -0.740. The normalized spacial score (nSPS) is 11.2. The lowest BCUT2D eigenvalue weighted by Crippen LogP contribution is -2.33. The molecule has 134 valence electrons. The van der Waals surface area contributed by atoms with Crippen molar-refractivity contribution in [3.8, 4) is 0 Å². The molecular weight excluding hydrogens is 332 g/mol. The first-order chi connectivity index (χ1) is 11.8. The summed E-state index contributed by atoms with van der Waals surface area (Å²) in [6, 6.07) is 0. The van der Waals surface area contributed by atoms with E-state index in [1.54, 1.807) is 0 Å². The summed E-state index contributed by atoms with van der Waals surface area (Å²) in [6.07, 6.45) is 16.3. The molecule has 2 aromatic heterocycles. The van der Waals surface area contributed by atoms with Gasteiger partial charge in [-0.1, -0.05) is 61.2 Å². The average Bonchev–Trinajstić information content (AvgIpc) is 3.17. The second-order valence-electron chi connectivity index (χ2n) is 6.93. The van der Waals surface area contributed by atoms with E-state index in [4.69, 9.17) is 0 Å². The Kier molecular flexibility index (Phi) is 9.59. The zero-order chi connectivity index (χ0) is 17.0.